The molecule has 0 aliphatic heterocycles. The molecule has 0 aliphatic carbocycles. The van der Waals surface area contributed by atoms with Crippen LogP contribution in [0.1, 0.15) is 5.56 Å². The molecule has 0 amide bonds. The highest BCUT2D eigenvalue weighted by molar-refractivity contribution is 7.38. The van der Waals surface area contributed by atoms with E-state index in [9.17, 15) is 4.57 Å². The average Bonchev–Trinajstić information content (AvgIpc) is 2.11. The molecule has 0 saturated heterocycles. The maximum atomic E-state index is 10.6. The Kier molecular flexibility index (Phi) is 3.41. The zero-order valence-electron chi connectivity index (χ0n) is 7.29. The van der Waals surface area contributed by atoms with Gasteiger partial charge in [0.15, 0.2) is 11.5 Å². The second-order valence-corrected chi connectivity index (χ2v) is 4.17. The van der Waals surface area contributed by atoms with Crippen molar-refractivity contribution in [1.29, 1.82) is 0 Å². The fourth-order valence-corrected chi connectivity index (χ4v) is 1.38. The summed E-state index contributed by atoms with van der Waals surface area (Å²) in [6.45, 7) is 0. The molecule has 0 radical (unpaired) electrons. The molecule has 0 aromatic heterocycles. The van der Waals surface area contributed by atoms with Gasteiger partial charge in [-0.05, 0) is 22.3 Å². The number of phenolic OH excluding ortho intramolecular Hbond substituents is 2. The van der Waals surface area contributed by atoms with Crippen molar-refractivity contribution in [2.24, 2.45) is 5.73 Å². The Morgan fingerprint density at radius 1 is 1.36 bits per heavy atom. The highest BCUT2D eigenvalue weighted by atomic mass is 31.1. The third-order valence-electron chi connectivity index (χ3n) is 1.77. The predicted molar refractivity (Wildman–Crippen MR) is 51.3 cm³/mol. The number of phenols is 2. The molecule has 0 heterocycles. The Bertz CT molecular complexity index is 355. The summed E-state index contributed by atoms with van der Waals surface area (Å²) in [6.07, 6.45) is 0.180. The first kappa shape index (κ1) is 10.9. The average molecular weight is 216 g/mol. The molecule has 76 valence electrons. The van der Waals surface area contributed by atoms with Crippen molar-refractivity contribution in [2.75, 3.05) is 0 Å². The van der Waals surface area contributed by atoms with Crippen LogP contribution in [0.3, 0.4) is 0 Å². The van der Waals surface area contributed by atoms with E-state index >= 15 is 0 Å². The van der Waals surface area contributed by atoms with Crippen LogP contribution in [0.25, 0.3) is 0 Å². The summed E-state index contributed by atoms with van der Waals surface area (Å²) >= 11 is 0. The smallest absolute Gasteiger partial charge is 0.504 e. The molecule has 1 aromatic rings. The van der Waals surface area contributed by atoms with E-state index < -0.39 is 13.8 Å². The molecule has 6 heteroatoms. The Labute approximate surface area is 81.7 Å². The van der Waals surface area contributed by atoms with Crippen molar-refractivity contribution >= 4 is 8.03 Å². The summed E-state index contributed by atoms with van der Waals surface area (Å²) in [6, 6.07) is 4.16. The van der Waals surface area contributed by atoms with Gasteiger partial charge < -0.3 is 10.2 Å². The van der Waals surface area contributed by atoms with Crippen LogP contribution in [0, 0.1) is 0 Å². The van der Waals surface area contributed by atoms with Crippen LogP contribution in [0.15, 0.2) is 18.2 Å². The van der Waals surface area contributed by atoms with E-state index in [0.717, 1.165) is 0 Å². The van der Waals surface area contributed by atoms with Crippen LogP contribution in [0.2, 0.25) is 0 Å². The molecular formula is C8H11NO4P+. The normalized spacial score (nSPS) is 13.7. The molecule has 5 nitrogen and oxygen atoms in total. The van der Waals surface area contributed by atoms with Gasteiger partial charge in [-0.2, -0.15) is 4.89 Å². The first-order valence-corrected chi connectivity index (χ1v) is 5.20. The van der Waals surface area contributed by atoms with Gasteiger partial charge in [0.05, 0.1) is 0 Å². The predicted octanol–water partition coefficient (Wildman–Crippen LogP) is 0.660. The first-order valence-electron chi connectivity index (χ1n) is 3.92. The lowest BCUT2D eigenvalue weighted by molar-refractivity contribution is 0.403. The van der Waals surface area contributed by atoms with E-state index in [-0.39, 0.29) is 17.9 Å². The Hall–Kier alpha value is -1.16. The number of nitrogens with two attached hydrogens (primary N) is 1. The van der Waals surface area contributed by atoms with E-state index in [1.54, 1.807) is 0 Å². The van der Waals surface area contributed by atoms with Gasteiger partial charge in [0.25, 0.3) is 0 Å². The van der Waals surface area contributed by atoms with Gasteiger partial charge in [-0.25, -0.2) is 0 Å². The molecule has 14 heavy (non-hydrogen) atoms. The molecule has 2 atom stereocenters. The van der Waals surface area contributed by atoms with Crippen molar-refractivity contribution in [3.8, 4) is 11.5 Å². The van der Waals surface area contributed by atoms with E-state index in [4.69, 9.17) is 20.8 Å². The highest BCUT2D eigenvalue weighted by Crippen LogP contribution is 2.27. The SMILES string of the molecule is NC(Cc1ccc(O)c(O)c1)[P+](=O)O. The summed E-state index contributed by atoms with van der Waals surface area (Å²) in [5, 5.41) is 18.1. The van der Waals surface area contributed by atoms with Crippen LogP contribution in [-0.4, -0.2) is 20.9 Å². The first-order chi connectivity index (χ1) is 6.50. The zero-order chi connectivity index (χ0) is 10.7. The maximum absolute atomic E-state index is 10.6. The van der Waals surface area contributed by atoms with Crippen LogP contribution >= 0.6 is 8.03 Å². The fraction of sp³-hybridized carbons (Fsp3) is 0.250. The minimum Gasteiger partial charge on any atom is -0.504 e. The van der Waals surface area contributed by atoms with E-state index in [0.29, 0.717) is 5.56 Å². The summed E-state index contributed by atoms with van der Waals surface area (Å²) in [7, 11) is -2.42. The molecule has 0 saturated carbocycles. The van der Waals surface area contributed by atoms with Gasteiger partial charge in [-0.1, -0.05) is 6.07 Å². The monoisotopic (exact) mass is 216 g/mol. The molecule has 0 spiro atoms. The second-order valence-electron chi connectivity index (χ2n) is 2.90. The maximum Gasteiger partial charge on any atom is 0.524 e. The van der Waals surface area contributed by atoms with Crippen LogP contribution in [-0.2, 0) is 11.0 Å². The molecular weight excluding hydrogens is 205 g/mol. The van der Waals surface area contributed by atoms with Crippen molar-refractivity contribution in [1.82, 2.24) is 0 Å². The van der Waals surface area contributed by atoms with Crippen LogP contribution < -0.4 is 5.73 Å². The highest BCUT2D eigenvalue weighted by Gasteiger charge is 2.24. The van der Waals surface area contributed by atoms with Gasteiger partial charge in [0.1, 0.15) is 0 Å². The van der Waals surface area contributed by atoms with Crippen molar-refractivity contribution in [3.63, 3.8) is 0 Å². The molecule has 2 unspecified atom stereocenters. The second kappa shape index (κ2) is 4.37. The third-order valence-corrected chi connectivity index (χ3v) is 2.52. The van der Waals surface area contributed by atoms with Gasteiger partial charge in [0, 0.05) is 6.42 Å². The summed E-state index contributed by atoms with van der Waals surface area (Å²) in [5.41, 5.74) is 5.96. The lowest BCUT2D eigenvalue weighted by Crippen LogP contribution is -2.17. The van der Waals surface area contributed by atoms with Crippen molar-refractivity contribution in [2.45, 2.75) is 12.2 Å². The van der Waals surface area contributed by atoms with Crippen LogP contribution in [0.4, 0.5) is 0 Å². The van der Waals surface area contributed by atoms with Crippen molar-refractivity contribution in [3.05, 3.63) is 23.8 Å². The minimum absolute atomic E-state index is 0.180. The summed E-state index contributed by atoms with van der Waals surface area (Å²) in [4.78, 5) is 8.68. The van der Waals surface area contributed by atoms with E-state index in [1.165, 1.54) is 18.2 Å². The van der Waals surface area contributed by atoms with Gasteiger partial charge in [-0.15, -0.1) is 0 Å². The lowest BCUT2D eigenvalue weighted by Gasteiger charge is -2.02. The molecule has 0 aliphatic rings. The Morgan fingerprint density at radius 3 is 2.50 bits per heavy atom. The number of hydrogen-bond acceptors (Lipinski definition) is 4. The summed E-state index contributed by atoms with van der Waals surface area (Å²) in [5.74, 6) is -1.34. The number of rotatable bonds is 3. The molecule has 0 fully saturated rings. The number of aromatic hydroxyl groups is 2. The number of benzene rings is 1. The van der Waals surface area contributed by atoms with Crippen molar-refractivity contribution < 1.29 is 19.7 Å². The topological polar surface area (TPSA) is 104 Å². The quantitative estimate of drug-likeness (QED) is 0.439. The molecule has 1 rings (SSSR count). The Morgan fingerprint density at radius 2 is 2.00 bits per heavy atom. The molecule has 0 bridgehead atoms. The van der Waals surface area contributed by atoms with Gasteiger partial charge >= 0.3 is 8.03 Å². The lowest BCUT2D eigenvalue weighted by atomic mass is 10.1. The minimum atomic E-state index is -2.42. The summed E-state index contributed by atoms with van der Waals surface area (Å²) < 4.78 is 10.6. The van der Waals surface area contributed by atoms with Gasteiger partial charge in [-0.3, -0.25) is 5.73 Å². The molecule has 1 aromatic carbocycles. The zero-order valence-corrected chi connectivity index (χ0v) is 8.19. The van der Waals surface area contributed by atoms with E-state index in [1.807, 2.05) is 0 Å². The largest absolute Gasteiger partial charge is 0.524 e. The van der Waals surface area contributed by atoms with Crippen LogP contribution in [0.5, 0.6) is 11.5 Å². The standard InChI is InChI=1S/C8H10NO4P/c9-8(14(12)13)4-5-1-2-6(10)7(11)3-5/h1-3,8H,4,9H2,(H2-,10,11,12,13)/p+1. The third kappa shape index (κ3) is 2.67. The Balaban J connectivity index is 2.78. The van der Waals surface area contributed by atoms with Gasteiger partial charge in [0.2, 0.25) is 5.78 Å². The van der Waals surface area contributed by atoms with E-state index in [2.05, 4.69) is 0 Å². The molecule has 5 N–H and O–H groups in total. The number of hydrogen-bond donors (Lipinski definition) is 4. The fourth-order valence-electron chi connectivity index (χ4n) is 1.02.